The van der Waals surface area contributed by atoms with E-state index >= 15 is 0 Å². The van der Waals surface area contributed by atoms with Crippen molar-refractivity contribution in [2.45, 2.75) is 4.90 Å². The number of rotatable bonds is 3. The van der Waals surface area contributed by atoms with Gasteiger partial charge in [-0.2, -0.15) is 0 Å². The van der Waals surface area contributed by atoms with E-state index in [1.165, 1.54) is 22.8 Å². The highest BCUT2D eigenvalue weighted by atomic mass is 32.2. The summed E-state index contributed by atoms with van der Waals surface area (Å²) in [6, 6.07) is 30.1. The summed E-state index contributed by atoms with van der Waals surface area (Å²) >= 11 is 0. The number of hydrogen-bond acceptors (Lipinski definition) is 2. The Hall–Kier alpha value is -2.91. The van der Waals surface area contributed by atoms with Gasteiger partial charge in [0.2, 0.25) is 0 Å². The first-order valence-corrected chi connectivity index (χ1v) is 10.3. The van der Waals surface area contributed by atoms with Crippen LogP contribution in [0.15, 0.2) is 95.9 Å². The molecule has 0 N–H and O–H groups in total. The van der Waals surface area contributed by atoms with Gasteiger partial charge in [-0.15, -0.1) is 0 Å². The molecule has 4 aromatic carbocycles. The molecule has 0 fully saturated rings. The second-order valence-corrected chi connectivity index (χ2v) is 8.46. The molecule has 26 heavy (non-hydrogen) atoms. The predicted molar refractivity (Wildman–Crippen MR) is 108 cm³/mol. The van der Waals surface area contributed by atoms with Crippen LogP contribution in [0.1, 0.15) is 0 Å². The van der Waals surface area contributed by atoms with E-state index in [9.17, 15) is 8.42 Å². The second-order valence-electron chi connectivity index (χ2n) is 6.44. The zero-order valence-corrected chi connectivity index (χ0v) is 15.2. The van der Waals surface area contributed by atoms with Crippen LogP contribution < -0.4 is 0 Å². The molecule has 0 aliphatic carbocycles. The van der Waals surface area contributed by atoms with Gasteiger partial charge in [0.15, 0.2) is 9.84 Å². The van der Waals surface area contributed by atoms with Gasteiger partial charge in [-0.25, -0.2) is 8.42 Å². The fourth-order valence-corrected chi connectivity index (χ4v) is 3.76. The Labute approximate surface area is 153 Å². The van der Waals surface area contributed by atoms with E-state index in [0.29, 0.717) is 4.90 Å². The summed E-state index contributed by atoms with van der Waals surface area (Å²) in [6.07, 6.45) is 1.23. The molecule has 4 aromatic rings. The lowest BCUT2D eigenvalue weighted by molar-refractivity contribution is 0.602. The highest BCUT2D eigenvalue weighted by Crippen LogP contribution is 2.29. The fourth-order valence-electron chi connectivity index (χ4n) is 3.13. The molecule has 128 valence electrons. The Morgan fingerprint density at radius 3 is 1.58 bits per heavy atom. The van der Waals surface area contributed by atoms with Crippen LogP contribution in [0.5, 0.6) is 0 Å². The van der Waals surface area contributed by atoms with Crippen LogP contribution in [-0.2, 0) is 9.84 Å². The molecule has 0 heterocycles. The Morgan fingerprint density at radius 2 is 1.04 bits per heavy atom. The van der Waals surface area contributed by atoms with Crippen molar-refractivity contribution in [3.05, 3.63) is 91.0 Å². The van der Waals surface area contributed by atoms with Crippen LogP contribution in [-0.4, -0.2) is 14.7 Å². The maximum Gasteiger partial charge on any atom is 0.175 e. The molecule has 0 bridgehead atoms. The zero-order chi connectivity index (χ0) is 18.1. The summed E-state index contributed by atoms with van der Waals surface area (Å²) in [5.41, 5.74) is 4.45. The van der Waals surface area contributed by atoms with Gasteiger partial charge in [0.05, 0.1) is 4.90 Å². The van der Waals surface area contributed by atoms with E-state index in [4.69, 9.17) is 0 Å². The number of sulfone groups is 1. The molecular weight excluding hydrogens is 340 g/mol. The first-order chi connectivity index (χ1) is 12.5. The SMILES string of the molecule is CS(=O)(=O)c1ccc(-c2ccc3ccc(-c4ccccc4)cc3c2)cc1. The summed E-state index contributed by atoms with van der Waals surface area (Å²) in [7, 11) is -3.17. The Morgan fingerprint density at radius 1 is 0.538 bits per heavy atom. The van der Waals surface area contributed by atoms with Crippen LogP contribution in [0, 0.1) is 0 Å². The van der Waals surface area contributed by atoms with E-state index < -0.39 is 9.84 Å². The van der Waals surface area contributed by atoms with Crippen LogP contribution in [0.25, 0.3) is 33.0 Å². The van der Waals surface area contributed by atoms with Gasteiger partial charge in [-0.1, -0.05) is 66.7 Å². The van der Waals surface area contributed by atoms with E-state index in [2.05, 4.69) is 48.5 Å². The molecule has 0 amide bonds. The number of fused-ring (bicyclic) bond motifs is 1. The normalized spacial score (nSPS) is 11.6. The maximum absolute atomic E-state index is 11.6. The molecular formula is C23H18O2S. The lowest BCUT2D eigenvalue weighted by Crippen LogP contribution is -1.96. The average Bonchev–Trinajstić information content (AvgIpc) is 2.67. The van der Waals surface area contributed by atoms with Crippen molar-refractivity contribution < 1.29 is 8.42 Å². The van der Waals surface area contributed by atoms with Crippen molar-refractivity contribution in [3.63, 3.8) is 0 Å². The minimum Gasteiger partial charge on any atom is -0.224 e. The van der Waals surface area contributed by atoms with Crippen molar-refractivity contribution in [3.8, 4) is 22.3 Å². The van der Waals surface area contributed by atoms with Crippen LogP contribution in [0.2, 0.25) is 0 Å². The minimum atomic E-state index is -3.17. The van der Waals surface area contributed by atoms with Gasteiger partial charge in [-0.3, -0.25) is 0 Å². The summed E-state index contributed by atoms with van der Waals surface area (Å²) in [5.74, 6) is 0. The largest absolute Gasteiger partial charge is 0.224 e. The standard InChI is InChI=1S/C23H18O2S/c1-26(24,25)23-13-11-18(12-14-23)21-10-8-19-7-9-20(15-22(19)16-21)17-5-3-2-4-6-17/h2-16H,1H3. The van der Waals surface area contributed by atoms with Crippen molar-refractivity contribution in [2.75, 3.05) is 6.26 Å². The van der Waals surface area contributed by atoms with Crippen LogP contribution in [0.4, 0.5) is 0 Å². The lowest BCUT2D eigenvalue weighted by atomic mass is 9.98. The Balaban J connectivity index is 1.77. The zero-order valence-electron chi connectivity index (χ0n) is 14.4. The third-order valence-electron chi connectivity index (χ3n) is 4.56. The lowest BCUT2D eigenvalue weighted by Gasteiger charge is -2.08. The molecule has 3 heteroatoms. The van der Waals surface area contributed by atoms with Crippen LogP contribution in [0.3, 0.4) is 0 Å². The third kappa shape index (κ3) is 3.26. The maximum atomic E-state index is 11.6. The molecule has 0 aliphatic rings. The van der Waals surface area contributed by atoms with Gasteiger partial charge in [-0.05, 0) is 57.3 Å². The summed E-state index contributed by atoms with van der Waals surface area (Å²) in [6.45, 7) is 0. The first kappa shape index (κ1) is 16.6. The number of benzene rings is 4. The highest BCUT2D eigenvalue weighted by molar-refractivity contribution is 7.90. The van der Waals surface area contributed by atoms with Crippen LogP contribution >= 0.6 is 0 Å². The van der Waals surface area contributed by atoms with Crippen molar-refractivity contribution in [2.24, 2.45) is 0 Å². The van der Waals surface area contributed by atoms with Gasteiger partial charge in [0.1, 0.15) is 0 Å². The second kappa shape index (κ2) is 6.43. The van der Waals surface area contributed by atoms with Gasteiger partial charge >= 0.3 is 0 Å². The molecule has 0 unspecified atom stereocenters. The summed E-state index contributed by atoms with van der Waals surface area (Å²) in [5, 5.41) is 2.34. The van der Waals surface area contributed by atoms with Gasteiger partial charge < -0.3 is 0 Å². The van der Waals surface area contributed by atoms with E-state index in [1.54, 1.807) is 12.1 Å². The van der Waals surface area contributed by atoms with E-state index in [-0.39, 0.29) is 0 Å². The monoisotopic (exact) mass is 358 g/mol. The molecule has 0 saturated heterocycles. The quantitative estimate of drug-likeness (QED) is 0.479. The molecule has 2 nitrogen and oxygen atoms in total. The number of hydrogen-bond donors (Lipinski definition) is 0. The van der Waals surface area contributed by atoms with E-state index in [0.717, 1.165) is 16.5 Å². The highest BCUT2D eigenvalue weighted by Gasteiger charge is 2.07. The first-order valence-electron chi connectivity index (χ1n) is 8.40. The fraction of sp³-hybridized carbons (Fsp3) is 0.0435. The smallest absolute Gasteiger partial charge is 0.175 e. The molecule has 0 saturated carbocycles. The van der Waals surface area contributed by atoms with Gasteiger partial charge in [0.25, 0.3) is 0 Å². The summed E-state index contributed by atoms with van der Waals surface area (Å²) < 4.78 is 23.3. The van der Waals surface area contributed by atoms with Gasteiger partial charge in [0, 0.05) is 6.26 Å². The average molecular weight is 358 g/mol. The van der Waals surface area contributed by atoms with E-state index in [1.807, 2.05) is 30.3 Å². The topological polar surface area (TPSA) is 34.1 Å². The minimum absolute atomic E-state index is 0.341. The molecule has 0 aliphatic heterocycles. The molecule has 0 radical (unpaired) electrons. The molecule has 0 spiro atoms. The third-order valence-corrected chi connectivity index (χ3v) is 5.69. The Bertz CT molecular complexity index is 1180. The van der Waals surface area contributed by atoms with Crippen molar-refractivity contribution in [1.82, 2.24) is 0 Å². The molecule has 0 aromatic heterocycles. The molecule has 4 rings (SSSR count). The summed E-state index contributed by atoms with van der Waals surface area (Å²) in [4.78, 5) is 0.341. The molecule has 0 atom stereocenters. The Kier molecular flexibility index (Phi) is 4.09. The van der Waals surface area contributed by atoms with Crippen molar-refractivity contribution >= 4 is 20.6 Å². The predicted octanol–water partition coefficient (Wildman–Crippen LogP) is 5.58. The van der Waals surface area contributed by atoms with Crippen molar-refractivity contribution in [1.29, 1.82) is 0 Å².